The van der Waals surface area contributed by atoms with Crippen LogP contribution in [0.4, 0.5) is 11.9 Å². The van der Waals surface area contributed by atoms with Crippen LogP contribution in [0.3, 0.4) is 0 Å². The van der Waals surface area contributed by atoms with E-state index in [9.17, 15) is 0 Å². The van der Waals surface area contributed by atoms with E-state index in [2.05, 4.69) is 20.3 Å². The molecule has 0 aliphatic carbocycles. The summed E-state index contributed by atoms with van der Waals surface area (Å²) in [4.78, 5) is 14.6. The summed E-state index contributed by atoms with van der Waals surface area (Å²) in [5.41, 5.74) is 0. The van der Waals surface area contributed by atoms with Crippen molar-refractivity contribution in [3.05, 3.63) is 0 Å². The van der Waals surface area contributed by atoms with E-state index in [0.717, 1.165) is 25.8 Å². The van der Waals surface area contributed by atoms with Crippen molar-refractivity contribution < 1.29 is 9.84 Å². The van der Waals surface area contributed by atoms with Crippen molar-refractivity contribution in [1.82, 2.24) is 15.0 Å². The smallest absolute Gasteiger partial charge is 0.323 e. The Balaban J connectivity index is 2.66. The van der Waals surface area contributed by atoms with Gasteiger partial charge in [-0.05, 0) is 26.2 Å². The Morgan fingerprint density at radius 1 is 1.21 bits per heavy atom. The van der Waals surface area contributed by atoms with E-state index in [1.165, 1.54) is 0 Å². The third kappa shape index (κ3) is 5.25. The first-order valence-corrected chi connectivity index (χ1v) is 6.59. The Kier molecular flexibility index (Phi) is 6.88. The molecule has 0 fully saturated rings. The Morgan fingerprint density at radius 3 is 2.63 bits per heavy atom. The zero-order valence-electron chi connectivity index (χ0n) is 11.9. The molecule has 0 atom stereocenters. The van der Waals surface area contributed by atoms with Crippen molar-refractivity contribution in [2.24, 2.45) is 0 Å². The number of anilines is 2. The van der Waals surface area contributed by atoms with E-state index >= 15 is 0 Å². The summed E-state index contributed by atoms with van der Waals surface area (Å²) in [6.07, 6.45) is 2.81. The van der Waals surface area contributed by atoms with Crippen molar-refractivity contribution in [2.75, 3.05) is 44.1 Å². The van der Waals surface area contributed by atoms with Crippen LogP contribution < -0.4 is 15.0 Å². The van der Waals surface area contributed by atoms with E-state index in [0.29, 0.717) is 24.5 Å². The highest BCUT2D eigenvalue weighted by atomic mass is 16.5. The molecule has 0 aromatic carbocycles. The van der Waals surface area contributed by atoms with Crippen molar-refractivity contribution in [1.29, 1.82) is 0 Å². The van der Waals surface area contributed by atoms with Crippen molar-refractivity contribution in [3.8, 4) is 6.01 Å². The molecule has 19 heavy (non-hydrogen) atoms. The minimum atomic E-state index is 0.244. The number of hydrogen-bond donors (Lipinski definition) is 2. The second-order valence-electron chi connectivity index (χ2n) is 4.13. The van der Waals surface area contributed by atoms with Gasteiger partial charge in [0.05, 0.1) is 6.61 Å². The zero-order chi connectivity index (χ0) is 14.1. The number of ether oxygens (including phenoxy) is 1. The molecule has 0 bridgehead atoms. The first kappa shape index (κ1) is 15.4. The maximum atomic E-state index is 8.74. The van der Waals surface area contributed by atoms with E-state index in [1.807, 2.05) is 18.9 Å². The van der Waals surface area contributed by atoms with Gasteiger partial charge >= 0.3 is 6.01 Å². The van der Waals surface area contributed by atoms with Crippen molar-refractivity contribution in [3.63, 3.8) is 0 Å². The molecule has 0 unspecified atom stereocenters. The fraction of sp³-hybridized carbons (Fsp3) is 0.750. The summed E-state index contributed by atoms with van der Waals surface area (Å²) in [5, 5.41) is 11.6. The average Bonchev–Trinajstić information content (AvgIpc) is 2.43. The first-order valence-electron chi connectivity index (χ1n) is 6.59. The highest BCUT2D eigenvalue weighted by Gasteiger charge is 2.10. The minimum absolute atomic E-state index is 0.244. The Morgan fingerprint density at radius 2 is 2.00 bits per heavy atom. The molecule has 0 amide bonds. The second-order valence-corrected chi connectivity index (χ2v) is 4.13. The normalized spacial score (nSPS) is 10.3. The second kappa shape index (κ2) is 8.47. The monoisotopic (exact) mass is 269 g/mol. The van der Waals surface area contributed by atoms with Gasteiger partial charge in [-0.3, -0.25) is 0 Å². The van der Waals surface area contributed by atoms with E-state index in [-0.39, 0.29) is 6.61 Å². The van der Waals surface area contributed by atoms with Gasteiger partial charge in [0, 0.05) is 27.2 Å². The molecule has 0 saturated heterocycles. The van der Waals surface area contributed by atoms with Crippen molar-refractivity contribution >= 4 is 11.9 Å². The number of aliphatic hydroxyl groups is 1. The molecule has 0 saturated carbocycles. The molecule has 1 rings (SSSR count). The van der Waals surface area contributed by atoms with Crippen LogP contribution in [0.2, 0.25) is 0 Å². The fourth-order valence-corrected chi connectivity index (χ4v) is 1.56. The molecule has 1 aromatic heterocycles. The molecule has 2 N–H and O–H groups in total. The van der Waals surface area contributed by atoms with Crippen LogP contribution in [0, 0.1) is 0 Å². The van der Waals surface area contributed by atoms with E-state index in [1.54, 1.807) is 7.05 Å². The molecular formula is C12H23N5O2. The summed E-state index contributed by atoms with van der Waals surface area (Å²) in [7, 11) is 3.69. The molecule has 0 aliphatic rings. The first-order chi connectivity index (χ1) is 9.21. The van der Waals surface area contributed by atoms with Gasteiger partial charge < -0.3 is 20.1 Å². The lowest BCUT2D eigenvalue weighted by Gasteiger charge is -2.17. The average molecular weight is 269 g/mol. The van der Waals surface area contributed by atoms with Crippen molar-refractivity contribution in [2.45, 2.75) is 26.2 Å². The summed E-state index contributed by atoms with van der Waals surface area (Å²) >= 11 is 0. The quantitative estimate of drug-likeness (QED) is 0.645. The molecule has 0 radical (unpaired) electrons. The summed E-state index contributed by atoms with van der Waals surface area (Å²) in [6.45, 7) is 3.49. The van der Waals surface area contributed by atoms with Gasteiger partial charge in [0.25, 0.3) is 0 Å². The number of hydrogen-bond acceptors (Lipinski definition) is 7. The predicted octanol–water partition coefficient (Wildman–Crippen LogP) is 0.911. The molecule has 7 nitrogen and oxygen atoms in total. The van der Waals surface area contributed by atoms with Crippen LogP contribution >= 0.6 is 0 Å². The standard InChI is InChI=1S/C12H23N5O2/c1-4-19-12-15-10(13-2)14-11(16-12)17(3)8-6-5-7-9-18/h18H,4-9H2,1-3H3,(H,13,14,15,16). The van der Waals surface area contributed by atoms with Gasteiger partial charge in [0.15, 0.2) is 0 Å². The molecule has 1 heterocycles. The van der Waals surface area contributed by atoms with Crippen LogP contribution in [0.15, 0.2) is 0 Å². The molecule has 7 heteroatoms. The van der Waals surface area contributed by atoms with Gasteiger partial charge in [-0.15, -0.1) is 0 Å². The van der Waals surface area contributed by atoms with E-state index < -0.39 is 0 Å². The SMILES string of the molecule is CCOc1nc(NC)nc(N(C)CCCCCO)n1. The lowest BCUT2D eigenvalue weighted by molar-refractivity contribution is 0.283. The Bertz CT molecular complexity index is 375. The third-order valence-electron chi connectivity index (χ3n) is 2.59. The summed E-state index contributed by atoms with van der Waals surface area (Å²) in [5.74, 6) is 1.09. The van der Waals surface area contributed by atoms with Gasteiger partial charge in [0.1, 0.15) is 0 Å². The molecular weight excluding hydrogens is 246 g/mol. The number of rotatable bonds is 9. The maximum absolute atomic E-state index is 8.74. The lowest BCUT2D eigenvalue weighted by atomic mass is 10.2. The molecule has 108 valence electrons. The highest BCUT2D eigenvalue weighted by Crippen LogP contribution is 2.14. The molecule has 0 spiro atoms. The maximum Gasteiger partial charge on any atom is 0.323 e. The van der Waals surface area contributed by atoms with Crippen LogP contribution in [-0.4, -0.2) is 53.9 Å². The largest absolute Gasteiger partial charge is 0.464 e. The van der Waals surface area contributed by atoms with Crippen LogP contribution in [0.25, 0.3) is 0 Å². The number of nitrogens with one attached hydrogen (secondary N) is 1. The topological polar surface area (TPSA) is 83.4 Å². The van der Waals surface area contributed by atoms with Crippen LogP contribution in [0.1, 0.15) is 26.2 Å². The Hall–Kier alpha value is -1.63. The molecule has 1 aromatic rings. The van der Waals surface area contributed by atoms with E-state index in [4.69, 9.17) is 9.84 Å². The van der Waals surface area contributed by atoms with Crippen LogP contribution in [-0.2, 0) is 0 Å². The minimum Gasteiger partial charge on any atom is -0.464 e. The predicted molar refractivity (Wildman–Crippen MR) is 74.7 cm³/mol. The lowest BCUT2D eigenvalue weighted by Crippen LogP contribution is -2.22. The van der Waals surface area contributed by atoms with Gasteiger partial charge in [-0.2, -0.15) is 15.0 Å². The number of aromatic nitrogens is 3. The van der Waals surface area contributed by atoms with Gasteiger partial charge in [-0.1, -0.05) is 0 Å². The zero-order valence-corrected chi connectivity index (χ0v) is 11.9. The Labute approximate surface area is 114 Å². The summed E-state index contributed by atoms with van der Waals surface area (Å²) in [6, 6.07) is 0.332. The van der Waals surface area contributed by atoms with Crippen LogP contribution in [0.5, 0.6) is 6.01 Å². The number of nitrogens with zero attached hydrogens (tertiary/aromatic N) is 4. The van der Waals surface area contributed by atoms with Gasteiger partial charge in [0.2, 0.25) is 11.9 Å². The molecule has 0 aliphatic heterocycles. The van der Waals surface area contributed by atoms with Gasteiger partial charge in [-0.25, -0.2) is 0 Å². The number of aliphatic hydroxyl groups excluding tert-OH is 1. The highest BCUT2D eigenvalue weighted by molar-refractivity contribution is 5.37. The number of unbranched alkanes of at least 4 members (excludes halogenated alkanes) is 2. The third-order valence-corrected chi connectivity index (χ3v) is 2.59. The fourth-order valence-electron chi connectivity index (χ4n) is 1.56. The summed E-state index contributed by atoms with van der Waals surface area (Å²) < 4.78 is 5.32.